The number of rotatable bonds is 2. The van der Waals surface area contributed by atoms with Crippen molar-refractivity contribution in [2.45, 2.75) is 25.7 Å². The van der Waals surface area contributed by atoms with Crippen LogP contribution in [0.3, 0.4) is 0 Å². The minimum absolute atomic E-state index is 0.163. The Kier molecular flexibility index (Phi) is 2.11. The zero-order valence-electron chi connectivity index (χ0n) is 7.02. The van der Waals surface area contributed by atoms with Gasteiger partial charge in [0.2, 0.25) is 0 Å². The normalized spacial score (nSPS) is 17.4. The van der Waals surface area contributed by atoms with Gasteiger partial charge in [-0.15, -0.1) is 0 Å². The highest BCUT2D eigenvalue weighted by atomic mass is 19.1. The second-order valence-electron chi connectivity index (χ2n) is 3.51. The Morgan fingerprint density at radius 3 is 2.92 bits per heavy atom. The fraction of sp³-hybridized carbons (Fsp3) is 0.455. The van der Waals surface area contributed by atoms with Crippen LogP contribution in [0, 0.1) is 17.8 Å². The molecule has 0 amide bonds. The van der Waals surface area contributed by atoms with E-state index < -0.39 is 0 Å². The third kappa shape index (κ3) is 1.50. The Hall–Kier alpha value is -0.850. The van der Waals surface area contributed by atoms with E-state index in [1.165, 1.54) is 19.3 Å². The average Bonchev–Trinajstić information content (AvgIpc) is 2.00. The fourth-order valence-corrected chi connectivity index (χ4v) is 1.62. The summed E-state index contributed by atoms with van der Waals surface area (Å²) in [5.74, 6) is 0.569. The summed E-state index contributed by atoms with van der Waals surface area (Å²) in [4.78, 5) is 0. The molecule has 0 aliphatic heterocycles. The lowest BCUT2D eigenvalue weighted by molar-refractivity contribution is 0.311. The highest BCUT2D eigenvalue weighted by Crippen LogP contribution is 2.30. The lowest BCUT2D eigenvalue weighted by Gasteiger charge is -2.25. The van der Waals surface area contributed by atoms with Crippen molar-refractivity contribution in [2.24, 2.45) is 5.92 Å². The summed E-state index contributed by atoms with van der Waals surface area (Å²) in [6.45, 7) is 0. The van der Waals surface area contributed by atoms with Crippen molar-refractivity contribution in [1.82, 2.24) is 0 Å². The van der Waals surface area contributed by atoms with E-state index in [1.54, 1.807) is 6.07 Å². The lowest BCUT2D eigenvalue weighted by Crippen LogP contribution is -2.14. The highest BCUT2D eigenvalue weighted by Gasteiger charge is 2.18. The molecule has 1 radical (unpaired) electrons. The van der Waals surface area contributed by atoms with Gasteiger partial charge in [-0.3, -0.25) is 0 Å². The van der Waals surface area contributed by atoms with Gasteiger partial charge in [0.25, 0.3) is 0 Å². The minimum Gasteiger partial charge on any atom is -0.206 e. The van der Waals surface area contributed by atoms with Crippen molar-refractivity contribution in [3.8, 4) is 0 Å². The molecule has 0 nitrogen and oxygen atoms in total. The van der Waals surface area contributed by atoms with E-state index in [4.69, 9.17) is 0 Å². The fourth-order valence-electron chi connectivity index (χ4n) is 1.62. The van der Waals surface area contributed by atoms with Crippen LogP contribution >= 0.6 is 0 Å². The molecule has 2 rings (SSSR count). The molecule has 0 aromatic heterocycles. The summed E-state index contributed by atoms with van der Waals surface area (Å²) in [7, 11) is 0. The SMILES string of the molecule is Fc1[c]cccc1CC1CCC1. The summed E-state index contributed by atoms with van der Waals surface area (Å²) in [6, 6.07) is 7.93. The quantitative estimate of drug-likeness (QED) is 0.628. The predicted octanol–water partition coefficient (Wildman–Crippen LogP) is 2.97. The number of benzene rings is 1. The van der Waals surface area contributed by atoms with E-state index in [-0.39, 0.29) is 5.82 Å². The molecule has 1 aromatic rings. The lowest BCUT2D eigenvalue weighted by atomic mass is 9.81. The molecule has 1 saturated carbocycles. The Morgan fingerprint density at radius 1 is 1.50 bits per heavy atom. The smallest absolute Gasteiger partial charge is 0.134 e. The molecule has 0 atom stereocenters. The van der Waals surface area contributed by atoms with Gasteiger partial charge in [0.15, 0.2) is 0 Å². The van der Waals surface area contributed by atoms with Crippen LogP contribution in [0.5, 0.6) is 0 Å². The molecule has 0 unspecified atom stereocenters. The maximum atomic E-state index is 13.1. The van der Waals surface area contributed by atoms with E-state index in [9.17, 15) is 4.39 Å². The molecule has 0 bridgehead atoms. The van der Waals surface area contributed by atoms with Crippen LogP contribution < -0.4 is 0 Å². The molecule has 1 aromatic carbocycles. The Bertz CT molecular complexity index is 263. The van der Waals surface area contributed by atoms with Gasteiger partial charge in [0.05, 0.1) is 0 Å². The van der Waals surface area contributed by atoms with Crippen molar-refractivity contribution in [3.63, 3.8) is 0 Å². The van der Waals surface area contributed by atoms with Crippen molar-refractivity contribution in [3.05, 3.63) is 35.6 Å². The second kappa shape index (κ2) is 3.26. The van der Waals surface area contributed by atoms with Crippen molar-refractivity contribution in [1.29, 1.82) is 0 Å². The van der Waals surface area contributed by atoms with Gasteiger partial charge in [-0.25, -0.2) is 4.39 Å². The third-order valence-electron chi connectivity index (χ3n) is 2.62. The largest absolute Gasteiger partial charge is 0.206 e. The molecule has 1 heteroatoms. The number of hydrogen-bond donors (Lipinski definition) is 0. The first kappa shape index (κ1) is 7.78. The molecule has 0 saturated heterocycles. The average molecular weight is 163 g/mol. The van der Waals surface area contributed by atoms with E-state index >= 15 is 0 Å². The molecule has 1 fully saturated rings. The maximum absolute atomic E-state index is 13.1. The predicted molar refractivity (Wildman–Crippen MR) is 46.3 cm³/mol. The number of hydrogen-bond acceptors (Lipinski definition) is 0. The van der Waals surface area contributed by atoms with Gasteiger partial charge < -0.3 is 0 Å². The Labute approximate surface area is 72.4 Å². The van der Waals surface area contributed by atoms with Crippen molar-refractivity contribution >= 4 is 0 Å². The van der Waals surface area contributed by atoms with Crippen LogP contribution in [0.15, 0.2) is 18.2 Å². The van der Waals surface area contributed by atoms with E-state index in [2.05, 4.69) is 6.07 Å². The van der Waals surface area contributed by atoms with Crippen LogP contribution in [-0.2, 0) is 6.42 Å². The minimum atomic E-state index is -0.163. The molecular formula is C11H12F. The van der Waals surface area contributed by atoms with E-state index in [0.29, 0.717) is 0 Å². The van der Waals surface area contributed by atoms with Gasteiger partial charge in [-0.05, 0) is 17.9 Å². The van der Waals surface area contributed by atoms with Crippen LogP contribution in [-0.4, -0.2) is 0 Å². The first-order valence-corrected chi connectivity index (χ1v) is 4.51. The van der Waals surface area contributed by atoms with Gasteiger partial charge in [0, 0.05) is 6.07 Å². The third-order valence-corrected chi connectivity index (χ3v) is 2.62. The van der Waals surface area contributed by atoms with Crippen LogP contribution in [0.25, 0.3) is 0 Å². The molecule has 12 heavy (non-hydrogen) atoms. The van der Waals surface area contributed by atoms with Gasteiger partial charge >= 0.3 is 0 Å². The zero-order chi connectivity index (χ0) is 8.39. The van der Waals surface area contributed by atoms with E-state index in [1.807, 2.05) is 12.1 Å². The van der Waals surface area contributed by atoms with Gasteiger partial charge in [-0.1, -0.05) is 37.5 Å². The zero-order valence-corrected chi connectivity index (χ0v) is 7.02. The van der Waals surface area contributed by atoms with Gasteiger partial charge in [0.1, 0.15) is 5.82 Å². The summed E-state index contributed by atoms with van der Waals surface area (Å²) in [5, 5.41) is 0. The Balaban J connectivity index is 2.06. The standard InChI is InChI=1S/C11H12F/c12-11-7-2-1-6-10(11)8-9-4-3-5-9/h1-2,6,9H,3-5,8H2. The highest BCUT2D eigenvalue weighted by molar-refractivity contribution is 5.17. The second-order valence-corrected chi connectivity index (χ2v) is 3.51. The van der Waals surface area contributed by atoms with Crippen molar-refractivity contribution in [2.75, 3.05) is 0 Å². The first-order valence-electron chi connectivity index (χ1n) is 4.51. The molecule has 0 N–H and O–H groups in total. The molecule has 0 heterocycles. The van der Waals surface area contributed by atoms with Crippen molar-refractivity contribution < 1.29 is 4.39 Å². The summed E-state index contributed by atoms with van der Waals surface area (Å²) < 4.78 is 13.1. The molecule has 0 spiro atoms. The molecule has 63 valence electrons. The topological polar surface area (TPSA) is 0 Å². The Morgan fingerprint density at radius 2 is 2.33 bits per heavy atom. The van der Waals surface area contributed by atoms with Crippen LogP contribution in [0.4, 0.5) is 4.39 Å². The van der Waals surface area contributed by atoms with E-state index in [0.717, 1.165) is 17.9 Å². The summed E-state index contributed by atoms with van der Waals surface area (Å²) in [6.07, 6.45) is 4.77. The number of halogens is 1. The molecular weight excluding hydrogens is 151 g/mol. The summed E-state index contributed by atoms with van der Waals surface area (Å²) in [5.41, 5.74) is 0.835. The van der Waals surface area contributed by atoms with Crippen LogP contribution in [0.2, 0.25) is 0 Å². The first-order chi connectivity index (χ1) is 5.86. The van der Waals surface area contributed by atoms with Gasteiger partial charge in [-0.2, -0.15) is 0 Å². The van der Waals surface area contributed by atoms with Crippen LogP contribution in [0.1, 0.15) is 24.8 Å². The monoisotopic (exact) mass is 163 g/mol. The maximum Gasteiger partial charge on any atom is 0.134 e. The summed E-state index contributed by atoms with van der Waals surface area (Å²) >= 11 is 0. The molecule has 1 aliphatic rings. The molecule has 1 aliphatic carbocycles.